The quantitative estimate of drug-likeness (QED) is 0.475. The predicted molar refractivity (Wildman–Crippen MR) is 116 cm³/mol. The van der Waals surface area contributed by atoms with Crippen LogP contribution >= 0.6 is 0 Å². The highest BCUT2D eigenvalue weighted by Gasteiger charge is 2.38. The molecule has 1 fully saturated rings. The second kappa shape index (κ2) is 8.36. The van der Waals surface area contributed by atoms with Crippen LogP contribution in [0.1, 0.15) is 42.6 Å². The molecule has 5 rings (SSSR count). The molecule has 0 spiro atoms. The van der Waals surface area contributed by atoms with E-state index < -0.39 is 16.1 Å². The number of piperidine rings is 1. The molecule has 1 atom stereocenters. The van der Waals surface area contributed by atoms with Crippen molar-refractivity contribution in [2.45, 2.75) is 37.1 Å². The van der Waals surface area contributed by atoms with Gasteiger partial charge in [-0.3, -0.25) is 0 Å². The summed E-state index contributed by atoms with van der Waals surface area (Å²) in [4.78, 5) is 11.6. The van der Waals surface area contributed by atoms with E-state index in [1.807, 2.05) is 36.4 Å². The van der Waals surface area contributed by atoms with E-state index >= 15 is 0 Å². The first-order chi connectivity index (χ1) is 15.5. The summed E-state index contributed by atoms with van der Waals surface area (Å²) in [7, 11) is -3.86. The second-order valence-electron chi connectivity index (χ2n) is 7.67. The molecule has 2 aromatic heterocycles. The van der Waals surface area contributed by atoms with Gasteiger partial charge in [0.05, 0.1) is 17.1 Å². The highest BCUT2D eigenvalue weighted by Crippen LogP contribution is 2.34. The zero-order chi connectivity index (χ0) is 22.1. The lowest BCUT2D eigenvalue weighted by Gasteiger charge is -2.31. The Morgan fingerprint density at radius 3 is 2.75 bits per heavy atom. The van der Waals surface area contributed by atoms with Gasteiger partial charge in [0.2, 0.25) is 5.16 Å². The average Bonchev–Trinajstić information content (AvgIpc) is 3.46. The molecular weight excluding hydrogens is 430 g/mol. The normalized spacial score (nSPS) is 17.6. The minimum Gasteiger partial charge on any atom is -0.484 e. The Balaban J connectivity index is 1.37. The van der Waals surface area contributed by atoms with Gasteiger partial charge < -0.3 is 14.2 Å². The Labute approximate surface area is 185 Å². The fourth-order valence-corrected chi connectivity index (χ4v) is 5.39. The Morgan fingerprint density at radius 1 is 1.12 bits per heavy atom. The monoisotopic (exact) mass is 452 g/mol. The Hall–Kier alpha value is -3.24. The van der Waals surface area contributed by atoms with E-state index in [0.29, 0.717) is 35.6 Å². The fraction of sp³-hybridized carbons (Fsp3) is 0.273. The van der Waals surface area contributed by atoms with Crippen LogP contribution in [-0.4, -0.2) is 39.4 Å². The Morgan fingerprint density at radius 2 is 1.94 bits per heavy atom. The number of nitrogens with zero attached hydrogens (tertiary/aromatic N) is 4. The van der Waals surface area contributed by atoms with E-state index in [4.69, 9.17) is 9.26 Å². The first-order valence-corrected chi connectivity index (χ1v) is 11.8. The van der Waals surface area contributed by atoms with Crippen molar-refractivity contribution in [3.63, 3.8) is 0 Å². The van der Waals surface area contributed by atoms with Gasteiger partial charge in [-0.15, -0.1) is 0 Å². The summed E-state index contributed by atoms with van der Waals surface area (Å²) in [6, 6.07) is 14.0. The molecule has 1 N–H and O–H groups in total. The van der Waals surface area contributed by atoms with Crippen LogP contribution in [0.15, 0.2) is 58.2 Å². The Kier molecular flexibility index (Phi) is 5.40. The summed E-state index contributed by atoms with van der Waals surface area (Å²) in [6.07, 6.45) is 2.23. The van der Waals surface area contributed by atoms with Crippen LogP contribution in [0.2, 0.25) is 0 Å². The number of hydrogen-bond donors (Lipinski definition) is 1. The minimum atomic E-state index is -3.86. The zero-order valence-electron chi connectivity index (χ0n) is 17.3. The van der Waals surface area contributed by atoms with Crippen molar-refractivity contribution in [2.24, 2.45) is 0 Å². The molecule has 0 aliphatic carbocycles. The lowest BCUT2D eigenvalue weighted by atomic mass is 10.0. The maximum atomic E-state index is 13.4. The molecule has 2 aromatic carbocycles. The highest BCUT2D eigenvalue weighted by molar-refractivity contribution is 7.89. The van der Waals surface area contributed by atoms with Crippen molar-refractivity contribution in [1.82, 2.24) is 24.4 Å². The van der Waals surface area contributed by atoms with Gasteiger partial charge >= 0.3 is 0 Å². The van der Waals surface area contributed by atoms with Crippen LogP contribution in [0.4, 0.5) is 0 Å². The summed E-state index contributed by atoms with van der Waals surface area (Å²) in [5.41, 5.74) is 2.16. The minimum absolute atomic E-state index is 0.0773. The number of aromatic amines is 1. The number of H-pyrrole nitrogens is 1. The fourth-order valence-electron chi connectivity index (χ4n) is 3.81. The third-order valence-corrected chi connectivity index (χ3v) is 7.18. The first kappa shape index (κ1) is 20.7. The molecule has 0 unspecified atom stereocenters. The van der Waals surface area contributed by atoms with E-state index in [1.165, 1.54) is 4.31 Å². The summed E-state index contributed by atoms with van der Waals surface area (Å²) in [5, 5.41) is 3.98. The molecule has 0 saturated carbocycles. The van der Waals surface area contributed by atoms with Crippen molar-refractivity contribution in [3.05, 3.63) is 72.7 Å². The molecule has 32 heavy (non-hydrogen) atoms. The number of nitrogens with one attached hydrogen (secondary N) is 1. The summed E-state index contributed by atoms with van der Waals surface area (Å²) in [5.74, 6) is 1.27. The van der Waals surface area contributed by atoms with Gasteiger partial charge in [0.25, 0.3) is 15.9 Å². The number of aromatic nitrogens is 4. The molecule has 3 heterocycles. The van der Waals surface area contributed by atoms with Crippen molar-refractivity contribution in [3.8, 4) is 5.75 Å². The van der Waals surface area contributed by atoms with Gasteiger partial charge in [-0.25, -0.2) is 13.4 Å². The van der Waals surface area contributed by atoms with Gasteiger partial charge in [0.15, 0.2) is 12.4 Å². The van der Waals surface area contributed by atoms with Crippen LogP contribution in [-0.2, 0) is 16.6 Å². The van der Waals surface area contributed by atoms with E-state index in [2.05, 4.69) is 27.0 Å². The number of ether oxygens (including phenoxy) is 1. The molecule has 4 aromatic rings. The maximum Gasteiger partial charge on any atom is 0.277 e. The molecule has 1 radical (unpaired) electrons. The van der Waals surface area contributed by atoms with E-state index in [-0.39, 0.29) is 17.7 Å². The smallest absolute Gasteiger partial charge is 0.277 e. The van der Waals surface area contributed by atoms with Crippen LogP contribution in [0.3, 0.4) is 0 Å². The SMILES string of the molecule is [CH2]c1ccc(OCc2nc([C@@H]3CCCCN3S(=O)(=O)c3nc4ccccc4[nH]3)no2)cc1. The number of benzene rings is 2. The van der Waals surface area contributed by atoms with Gasteiger partial charge in [0, 0.05) is 6.54 Å². The molecule has 10 heteroatoms. The van der Waals surface area contributed by atoms with Gasteiger partial charge in [0.1, 0.15) is 5.75 Å². The number of sulfonamides is 1. The third kappa shape index (κ3) is 3.98. The zero-order valence-corrected chi connectivity index (χ0v) is 18.1. The Bertz CT molecular complexity index is 1300. The lowest BCUT2D eigenvalue weighted by molar-refractivity contribution is 0.231. The molecule has 165 valence electrons. The lowest BCUT2D eigenvalue weighted by Crippen LogP contribution is -2.39. The topological polar surface area (TPSA) is 114 Å². The van der Waals surface area contributed by atoms with Crippen molar-refractivity contribution in [1.29, 1.82) is 0 Å². The van der Waals surface area contributed by atoms with E-state index in [9.17, 15) is 8.42 Å². The second-order valence-corrected chi connectivity index (χ2v) is 9.47. The molecule has 0 bridgehead atoms. The highest BCUT2D eigenvalue weighted by atomic mass is 32.2. The van der Waals surface area contributed by atoms with E-state index in [0.717, 1.165) is 18.4 Å². The maximum absolute atomic E-state index is 13.4. The van der Waals surface area contributed by atoms with Crippen LogP contribution < -0.4 is 4.74 Å². The van der Waals surface area contributed by atoms with E-state index in [1.54, 1.807) is 12.1 Å². The number of rotatable bonds is 6. The molecular formula is C22H22N5O4S. The molecule has 9 nitrogen and oxygen atoms in total. The predicted octanol–water partition coefficient (Wildman–Crippen LogP) is 3.62. The number of para-hydroxylation sites is 2. The van der Waals surface area contributed by atoms with Crippen molar-refractivity contribution in [2.75, 3.05) is 6.54 Å². The van der Waals surface area contributed by atoms with Gasteiger partial charge in [-0.05, 0) is 49.6 Å². The number of fused-ring (bicyclic) bond motifs is 1. The summed E-state index contributed by atoms with van der Waals surface area (Å²) in [6.45, 7) is 4.29. The van der Waals surface area contributed by atoms with Gasteiger partial charge in [-0.1, -0.05) is 35.8 Å². The molecule has 1 aliphatic heterocycles. The van der Waals surface area contributed by atoms with Gasteiger partial charge in [-0.2, -0.15) is 9.29 Å². The third-order valence-electron chi connectivity index (χ3n) is 5.44. The summed E-state index contributed by atoms with van der Waals surface area (Å²) < 4.78 is 39.2. The standard InChI is InChI=1S/C22H22N5O4S/c1-15-9-11-16(12-10-15)30-14-20-25-21(26-31-20)19-8-4-5-13-27(19)32(28,29)22-23-17-6-2-3-7-18(17)24-22/h2-3,6-7,9-12,19H,1,4-5,8,13-14H2,(H,23,24)/t19-/m0/s1. The van der Waals surface area contributed by atoms with Crippen molar-refractivity contribution < 1.29 is 17.7 Å². The summed E-state index contributed by atoms with van der Waals surface area (Å²) >= 11 is 0. The van der Waals surface area contributed by atoms with Crippen molar-refractivity contribution >= 4 is 21.1 Å². The number of imidazole rings is 1. The molecule has 0 amide bonds. The molecule has 1 aliphatic rings. The first-order valence-electron chi connectivity index (χ1n) is 10.3. The number of hydrogen-bond acceptors (Lipinski definition) is 7. The van der Waals surface area contributed by atoms with Crippen LogP contribution in [0, 0.1) is 6.92 Å². The van der Waals surface area contributed by atoms with Crippen LogP contribution in [0.5, 0.6) is 5.75 Å². The average molecular weight is 453 g/mol. The molecule has 1 saturated heterocycles. The van der Waals surface area contributed by atoms with Crippen LogP contribution in [0.25, 0.3) is 11.0 Å². The largest absolute Gasteiger partial charge is 0.484 e.